The van der Waals surface area contributed by atoms with Crippen LogP contribution in [0.4, 0.5) is 5.69 Å². The third-order valence-corrected chi connectivity index (χ3v) is 3.85. The second-order valence-electron chi connectivity index (χ2n) is 4.59. The summed E-state index contributed by atoms with van der Waals surface area (Å²) in [6.07, 6.45) is 4.98. The smallest absolute Gasteiger partial charge is 0.128 e. The van der Waals surface area contributed by atoms with Crippen molar-refractivity contribution in [3.63, 3.8) is 0 Å². The highest BCUT2D eigenvalue weighted by atomic mass is 79.9. The number of methoxy groups -OCH3 is 1. The van der Waals surface area contributed by atoms with Gasteiger partial charge in [0, 0.05) is 41.8 Å². The molecule has 0 aliphatic carbocycles. The summed E-state index contributed by atoms with van der Waals surface area (Å²) in [6, 6.07) is 6.11. The van der Waals surface area contributed by atoms with Gasteiger partial charge in [-0.2, -0.15) is 0 Å². The molecule has 0 aliphatic heterocycles. The van der Waals surface area contributed by atoms with Crippen molar-refractivity contribution in [3.8, 4) is 0 Å². The summed E-state index contributed by atoms with van der Waals surface area (Å²) in [5.74, 6) is 1.05. The van der Waals surface area contributed by atoms with Crippen molar-refractivity contribution < 1.29 is 4.74 Å². The molecule has 0 atom stereocenters. The largest absolute Gasteiger partial charge is 0.380 e. The summed E-state index contributed by atoms with van der Waals surface area (Å²) in [5, 5.41) is 3.45. The Bertz CT molecular complexity index is 554. The fourth-order valence-corrected chi connectivity index (χ4v) is 2.62. The minimum absolute atomic E-state index is 0.577. The number of benzene rings is 1. The second kappa shape index (κ2) is 7.45. The van der Waals surface area contributed by atoms with E-state index in [2.05, 4.69) is 43.8 Å². The van der Waals surface area contributed by atoms with E-state index in [0.717, 1.165) is 34.5 Å². The first-order chi connectivity index (χ1) is 9.76. The van der Waals surface area contributed by atoms with Gasteiger partial charge in [0.1, 0.15) is 5.82 Å². The monoisotopic (exact) mass is 337 g/mol. The standard InChI is InChI=1S/C15H20BrN3O/c1-3-8-19-9-7-17-15(19)10-18-14-6-4-5-13(16)12(14)11-20-2/h4-7,9,18H,3,8,10-11H2,1-2H3. The quantitative estimate of drug-likeness (QED) is 0.834. The van der Waals surface area contributed by atoms with Crippen LogP contribution in [-0.2, 0) is 24.4 Å². The van der Waals surface area contributed by atoms with Crippen LogP contribution in [0.15, 0.2) is 35.1 Å². The molecule has 4 nitrogen and oxygen atoms in total. The van der Waals surface area contributed by atoms with E-state index in [4.69, 9.17) is 4.74 Å². The molecule has 108 valence electrons. The number of hydrogen-bond acceptors (Lipinski definition) is 3. The Morgan fingerprint density at radius 2 is 2.25 bits per heavy atom. The lowest BCUT2D eigenvalue weighted by atomic mass is 10.2. The van der Waals surface area contributed by atoms with Gasteiger partial charge in [0.25, 0.3) is 0 Å². The average molecular weight is 338 g/mol. The lowest BCUT2D eigenvalue weighted by Crippen LogP contribution is -2.10. The molecule has 2 aromatic rings. The van der Waals surface area contributed by atoms with Crippen molar-refractivity contribution in [1.29, 1.82) is 0 Å². The maximum atomic E-state index is 5.26. The van der Waals surface area contributed by atoms with Gasteiger partial charge in [-0.1, -0.05) is 28.9 Å². The summed E-state index contributed by atoms with van der Waals surface area (Å²) in [5.41, 5.74) is 2.20. The maximum Gasteiger partial charge on any atom is 0.128 e. The van der Waals surface area contributed by atoms with Gasteiger partial charge >= 0.3 is 0 Å². The van der Waals surface area contributed by atoms with Crippen LogP contribution in [0.2, 0.25) is 0 Å². The highest BCUT2D eigenvalue weighted by Crippen LogP contribution is 2.25. The molecule has 5 heteroatoms. The molecular weight excluding hydrogens is 318 g/mol. The topological polar surface area (TPSA) is 39.1 Å². The number of anilines is 1. The van der Waals surface area contributed by atoms with Crippen molar-refractivity contribution in [2.24, 2.45) is 0 Å². The van der Waals surface area contributed by atoms with E-state index in [1.165, 1.54) is 0 Å². The molecule has 0 aliphatic rings. The van der Waals surface area contributed by atoms with Crippen molar-refractivity contribution in [3.05, 3.63) is 46.5 Å². The number of aryl methyl sites for hydroxylation is 1. The van der Waals surface area contributed by atoms with Crippen LogP contribution < -0.4 is 5.32 Å². The van der Waals surface area contributed by atoms with E-state index in [0.29, 0.717) is 13.2 Å². The number of imidazole rings is 1. The molecular formula is C15H20BrN3O. The summed E-state index contributed by atoms with van der Waals surface area (Å²) >= 11 is 3.57. The Morgan fingerprint density at radius 1 is 1.40 bits per heavy atom. The van der Waals surface area contributed by atoms with Gasteiger partial charge in [-0.25, -0.2) is 4.98 Å². The SMILES string of the molecule is CCCn1ccnc1CNc1cccc(Br)c1COC. The molecule has 0 spiro atoms. The Balaban J connectivity index is 2.10. The molecule has 0 radical (unpaired) electrons. The van der Waals surface area contributed by atoms with Crippen LogP contribution in [0.5, 0.6) is 0 Å². The van der Waals surface area contributed by atoms with E-state index in [1.54, 1.807) is 7.11 Å². The first-order valence-electron chi connectivity index (χ1n) is 6.76. The molecule has 0 unspecified atom stereocenters. The van der Waals surface area contributed by atoms with Crippen LogP contribution >= 0.6 is 15.9 Å². The van der Waals surface area contributed by atoms with E-state index < -0.39 is 0 Å². The predicted octanol–water partition coefficient (Wildman–Crippen LogP) is 3.81. The first kappa shape index (κ1) is 15.1. The van der Waals surface area contributed by atoms with Gasteiger partial charge in [-0.05, 0) is 18.6 Å². The van der Waals surface area contributed by atoms with Crippen LogP contribution in [0.25, 0.3) is 0 Å². The molecule has 1 heterocycles. The summed E-state index contributed by atoms with van der Waals surface area (Å²) in [7, 11) is 1.71. The highest BCUT2D eigenvalue weighted by molar-refractivity contribution is 9.10. The number of halogens is 1. The third kappa shape index (κ3) is 3.61. The van der Waals surface area contributed by atoms with Crippen LogP contribution in [-0.4, -0.2) is 16.7 Å². The van der Waals surface area contributed by atoms with Gasteiger partial charge in [-0.3, -0.25) is 0 Å². The fourth-order valence-electron chi connectivity index (χ4n) is 2.14. The maximum absolute atomic E-state index is 5.26. The Hall–Kier alpha value is -1.33. The lowest BCUT2D eigenvalue weighted by Gasteiger charge is -2.14. The molecule has 1 N–H and O–H groups in total. The Labute approximate surface area is 128 Å². The molecule has 0 fully saturated rings. The predicted molar refractivity (Wildman–Crippen MR) is 84.7 cm³/mol. The van der Waals surface area contributed by atoms with Crippen molar-refractivity contribution in [2.45, 2.75) is 33.0 Å². The number of aromatic nitrogens is 2. The molecule has 0 bridgehead atoms. The molecule has 0 amide bonds. The van der Waals surface area contributed by atoms with Crippen LogP contribution in [0.1, 0.15) is 24.7 Å². The Kier molecular flexibility index (Phi) is 5.61. The third-order valence-electron chi connectivity index (χ3n) is 3.11. The molecule has 2 rings (SSSR count). The van der Waals surface area contributed by atoms with Crippen molar-refractivity contribution in [1.82, 2.24) is 9.55 Å². The minimum Gasteiger partial charge on any atom is -0.380 e. The van der Waals surface area contributed by atoms with E-state index in [9.17, 15) is 0 Å². The van der Waals surface area contributed by atoms with E-state index in [1.807, 2.05) is 24.5 Å². The average Bonchev–Trinajstić information content (AvgIpc) is 2.87. The molecule has 0 saturated heterocycles. The van der Waals surface area contributed by atoms with Gasteiger partial charge < -0.3 is 14.6 Å². The van der Waals surface area contributed by atoms with Gasteiger partial charge in [0.2, 0.25) is 0 Å². The first-order valence-corrected chi connectivity index (χ1v) is 7.55. The molecule has 1 aromatic carbocycles. The van der Waals surface area contributed by atoms with Gasteiger partial charge in [0.15, 0.2) is 0 Å². The van der Waals surface area contributed by atoms with Gasteiger partial charge in [0.05, 0.1) is 13.2 Å². The Morgan fingerprint density at radius 3 is 3.00 bits per heavy atom. The zero-order chi connectivity index (χ0) is 14.4. The zero-order valence-electron chi connectivity index (χ0n) is 11.9. The summed E-state index contributed by atoms with van der Waals surface area (Å²) in [6.45, 7) is 4.45. The van der Waals surface area contributed by atoms with Crippen molar-refractivity contribution in [2.75, 3.05) is 12.4 Å². The second-order valence-corrected chi connectivity index (χ2v) is 5.44. The van der Waals surface area contributed by atoms with E-state index in [-0.39, 0.29) is 0 Å². The number of nitrogens with one attached hydrogen (secondary N) is 1. The zero-order valence-corrected chi connectivity index (χ0v) is 13.5. The fraction of sp³-hybridized carbons (Fsp3) is 0.400. The number of ether oxygens (including phenoxy) is 1. The summed E-state index contributed by atoms with van der Waals surface area (Å²) < 4.78 is 8.50. The summed E-state index contributed by atoms with van der Waals surface area (Å²) in [4.78, 5) is 4.41. The van der Waals surface area contributed by atoms with Gasteiger partial charge in [-0.15, -0.1) is 0 Å². The minimum atomic E-state index is 0.577. The normalized spacial score (nSPS) is 10.8. The number of rotatable bonds is 7. The lowest BCUT2D eigenvalue weighted by molar-refractivity contribution is 0.185. The van der Waals surface area contributed by atoms with Crippen molar-refractivity contribution >= 4 is 21.6 Å². The molecule has 1 aromatic heterocycles. The number of nitrogens with zero attached hydrogens (tertiary/aromatic N) is 2. The molecule has 0 saturated carbocycles. The molecule has 20 heavy (non-hydrogen) atoms. The number of hydrogen-bond donors (Lipinski definition) is 1. The van der Waals surface area contributed by atoms with Crippen LogP contribution in [0.3, 0.4) is 0 Å². The highest BCUT2D eigenvalue weighted by Gasteiger charge is 2.08. The van der Waals surface area contributed by atoms with Crippen LogP contribution in [0, 0.1) is 0 Å². The van der Waals surface area contributed by atoms with E-state index >= 15 is 0 Å².